The maximum Gasteiger partial charge on any atom is 0.335 e. The van der Waals surface area contributed by atoms with E-state index in [1.54, 1.807) is 11.8 Å². The molecule has 21 heavy (non-hydrogen) atoms. The van der Waals surface area contributed by atoms with Gasteiger partial charge in [-0.05, 0) is 56.1 Å². The highest BCUT2D eigenvalue weighted by molar-refractivity contribution is 9.11. The summed E-state index contributed by atoms with van der Waals surface area (Å²) in [5.74, 6) is 0.458. The number of halogens is 2. The number of hydrogen-bond acceptors (Lipinski definition) is 3. The summed E-state index contributed by atoms with van der Waals surface area (Å²) in [7, 11) is 0. The number of hydrogen-bond donors (Lipinski definition) is 1. The van der Waals surface area contributed by atoms with Gasteiger partial charge in [0, 0.05) is 10.6 Å². The van der Waals surface area contributed by atoms with Crippen molar-refractivity contribution in [3.63, 3.8) is 0 Å². The predicted molar refractivity (Wildman–Crippen MR) is 91.5 cm³/mol. The zero-order valence-corrected chi connectivity index (χ0v) is 14.9. The molecule has 3 nitrogen and oxygen atoms in total. The quantitative estimate of drug-likeness (QED) is 0.511. The van der Waals surface area contributed by atoms with Crippen molar-refractivity contribution in [2.24, 2.45) is 0 Å². The number of rotatable bonds is 6. The Balaban J connectivity index is 1.93. The van der Waals surface area contributed by atoms with Crippen LogP contribution < -0.4 is 4.74 Å². The Labute approximate surface area is 144 Å². The van der Waals surface area contributed by atoms with Gasteiger partial charge >= 0.3 is 5.97 Å². The van der Waals surface area contributed by atoms with Gasteiger partial charge in [-0.1, -0.05) is 18.2 Å². The number of thioether (sulfide) groups is 1. The predicted octanol–water partition coefficient (Wildman–Crippen LogP) is 5.08. The lowest BCUT2D eigenvalue weighted by molar-refractivity contribution is 0.0696. The fraction of sp³-hybridized carbons (Fsp3) is 0.133. The Morgan fingerprint density at radius 3 is 2.33 bits per heavy atom. The van der Waals surface area contributed by atoms with E-state index in [0.29, 0.717) is 21.3 Å². The maximum atomic E-state index is 10.9. The van der Waals surface area contributed by atoms with Gasteiger partial charge in [-0.2, -0.15) is 0 Å². The SMILES string of the molecule is O=C(O)c1cc(Br)c(OCCSc2ccccc2)c(Br)c1. The summed E-state index contributed by atoms with van der Waals surface area (Å²) in [6, 6.07) is 13.2. The highest BCUT2D eigenvalue weighted by atomic mass is 79.9. The second-order valence-corrected chi connectivity index (χ2v) is 6.96. The first-order valence-electron chi connectivity index (χ1n) is 6.11. The third-order valence-corrected chi connectivity index (χ3v) is 4.74. The van der Waals surface area contributed by atoms with Crippen molar-refractivity contribution in [3.8, 4) is 5.75 Å². The summed E-state index contributed by atoms with van der Waals surface area (Å²) in [5.41, 5.74) is 0.208. The van der Waals surface area contributed by atoms with Crippen LogP contribution in [0.15, 0.2) is 56.3 Å². The Bertz CT molecular complexity index is 609. The molecule has 0 bridgehead atoms. The highest BCUT2D eigenvalue weighted by Crippen LogP contribution is 2.35. The van der Waals surface area contributed by atoms with E-state index in [0.717, 1.165) is 5.75 Å². The Morgan fingerprint density at radius 2 is 1.76 bits per heavy atom. The van der Waals surface area contributed by atoms with Crippen LogP contribution in [0.25, 0.3) is 0 Å². The van der Waals surface area contributed by atoms with Gasteiger partial charge in [0.15, 0.2) is 0 Å². The minimum atomic E-state index is -0.970. The average molecular weight is 432 g/mol. The summed E-state index contributed by atoms with van der Waals surface area (Å²) in [6.07, 6.45) is 0. The number of carboxylic acid groups (broad SMARTS) is 1. The van der Waals surface area contributed by atoms with Gasteiger partial charge < -0.3 is 9.84 Å². The topological polar surface area (TPSA) is 46.5 Å². The van der Waals surface area contributed by atoms with Gasteiger partial charge in [-0.25, -0.2) is 4.79 Å². The first kappa shape index (κ1) is 16.4. The first-order chi connectivity index (χ1) is 10.1. The zero-order valence-electron chi connectivity index (χ0n) is 10.9. The van der Waals surface area contributed by atoms with Gasteiger partial charge in [0.1, 0.15) is 5.75 Å². The second kappa shape index (κ2) is 7.87. The normalized spacial score (nSPS) is 10.4. The molecule has 0 heterocycles. The van der Waals surface area contributed by atoms with E-state index >= 15 is 0 Å². The molecule has 0 radical (unpaired) electrons. The minimum Gasteiger partial charge on any atom is -0.490 e. The molecule has 0 unspecified atom stereocenters. The standard InChI is InChI=1S/C15H12Br2O3S/c16-12-8-10(15(18)19)9-13(17)14(12)20-6-7-21-11-4-2-1-3-5-11/h1-5,8-9H,6-7H2,(H,18,19). The number of carbonyl (C=O) groups is 1. The van der Waals surface area contributed by atoms with Crippen LogP contribution in [0.3, 0.4) is 0 Å². The molecule has 1 N–H and O–H groups in total. The van der Waals surface area contributed by atoms with Gasteiger partial charge in [0.05, 0.1) is 21.1 Å². The largest absolute Gasteiger partial charge is 0.490 e. The van der Waals surface area contributed by atoms with E-state index in [9.17, 15) is 4.79 Å². The molecule has 110 valence electrons. The maximum absolute atomic E-state index is 10.9. The number of benzene rings is 2. The van der Waals surface area contributed by atoms with Crippen LogP contribution in [0.5, 0.6) is 5.75 Å². The van der Waals surface area contributed by atoms with Crippen LogP contribution >= 0.6 is 43.6 Å². The third kappa shape index (κ3) is 4.76. The van der Waals surface area contributed by atoms with Crippen molar-refractivity contribution in [1.82, 2.24) is 0 Å². The van der Waals surface area contributed by atoms with Gasteiger partial charge in [-0.15, -0.1) is 11.8 Å². The van der Waals surface area contributed by atoms with Crippen LogP contribution in [-0.4, -0.2) is 23.4 Å². The van der Waals surface area contributed by atoms with E-state index in [1.807, 2.05) is 18.2 Å². The number of aromatic carboxylic acids is 1. The van der Waals surface area contributed by atoms with Crippen LogP contribution in [-0.2, 0) is 0 Å². The van der Waals surface area contributed by atoms with Crippen molar-refractivity contribution in [2.45, 2.75) is 4.90 Å². The smallest absolute Gasteiger partial charge is 0.335 e. The molecule has 0 saturated heterocycles. The molecule has 0 aliphatic rings. The Hall–Kier alpha value is -0.980. The number of carboxylic acids is 1. The zero-order chi connectivity index (χ0) is 15.2. The monoisotopic (exact) mass is 430 g/mol. The fourth-order valence-corrected chi connectivity index (χ4v) is 3.81. The molecule has 0 atom stereocenters. The lowest BCUT2D eigenvalue weighted by atomic mass is 10.2. The Kier molecular flexibility index (Phi) is 6.14. The molecule has 0 spiro atoms. The van der Waals surface area contributed by atoms with Crippen LogP contribution in [0, 0.1) is 0 Å². The lowest BCUT2D eigenvalue weighted by Crippen LogP contribution is -2.03. The van der Waals surface area contributed by atoms with E-state index in [2.05, 4.69) is 44.0 Å². The third-order valence-electron chi connectivity index (χ3n) is 2.59. The summed E-state index contributed by atoms with van der Waals surface area (Å²) in [4.78, 5) is 12.1. The summed E-state index contributed by atoms with van der Waals surface area (Å²) in [6.45, 7) is 0.531. The number of ether oxygens (including phenoxy) is 1. The molecule has 2 aromatic carbocycles. The van der Waals surface area contributed by atoms with Gasteiger partial charge in [0.25, 0.3) is 0 Å². The molecule has 0 aromatic heterocycles. The van der Waals surface area contributed by atoms with Crippen molar-refractivity contribution < 1.29 is 14.6 Å². The molecule has 6 heteroatoms. The van der Waals surface area contributed by atoms with Gasteiger partial charge in [0.2, 0.25) is 0 Å². The molecule has 2 aromatic rings. The Morgan fingerprint density at radius 1 is 1.14 bits per heavy atom. The summed E-state index contributed by atoms with van der Waals surface area (Å²) in [5, 5.41) is 8.98. The van der Waals surface area contributed by atoms with E-state index in [-0.39, 0.29) is 5.56 Å². The molecule has 0 aliphatic heterocycles. The molecule has 0 aliphatic carbocycles. The fourth-order valence-electron chi connectivity index (χ4n) is 1.64. The van der Waals surface area contributed by atoms with Crippen molar-refractivity contribution in [1.29, 1.82) is 0 Å². The molecular weight excluding hydrogens is 420 g/mol. The molecule has 0 saturated carbocycles. The van der Waals surface area contributed by atoms with Crippen molar-refractivity contribution >= 4 is 49.6 Å². The molecule has 0 fully saturated rings. The first-order valence-corrected chi connectivity index (χ1v) is 8.68. The molecule has 0 amide bonds. The van der Waals surface area contributed by atoms with Crippen LogP contribution in [0.1, 0.15) is 10.4 Å². The van der Waals surface area contributed by atoms with E-state index in [4.69, 9.17) is 9.84 Å². The van der Waals surface area contributed by atoms with E-state index in [1.165, 1.54) is 17.0 Å². The summed E-state index contributed by atoms with van der Waals surface area (Å²) < 4.78 is 6.96. The van der Waals surface area contributed by atoms with Crippen molar-refractivity contribution in [3.05, 3.63) is 57.0 Å². The summed E-state index contributed by atoms with van der Waals surface area (Å²) >= 11 is 8.39. The van der Waals surface area contributed by atoms with Gasteiger partial charge in [-0.3, -0.25) is 0 Å². The lowest BCUT2D eigenvalue weighted by Gasteiger charge is -2.11. The van der Waals surface area contributed by atoms with Crippen molar-refractivity contribution in [2.75, 3.05) is 12.4 Å². The molecule has 2 rings (SSSR count). The average Bonchev–Trinajstić information content (AvgIpc) is 2.46. The van der Waals surface area contributed by atoms with Crippen LogP contribution in [0.2, 0.25) is 0 Å². The minimum absolute atomic E-state index is 0.208. The second-order valence-electron chi connectivity index (χ2n) is 4.08. The van der Waals surface area contributed by atoms with E-state index < -0.39 is 5.97 Å². The highest BCUT2D eigenvalue weighted by Gasteiger charge is 2.12. The molecular formula is C15H12Br2O3S. The van der Waals surface area contributed by atoms with Crippen LogP contribution in [0.4, 0.5) is 0 Å².